The minimum absolute atomic E-state index is 0.298. The van der Waals surface area contributed by atoms with Gasteiger partial charge in [0.1, 0.15) is 11.6 Å². The number of fused-ring (bicyclic) bond motifs is 1. The van der Waals surface area contributed by atoms with Crippen LogP contribution in [-0.4, -0.2) is 22.3 Å². The molecule has 0 radical (unpaired) electrons. The molecule has 134 valence electrons. The Balaban J connectivity index is 1.64. The summed E-state index contributed by atoms with van der Waals surface area (Å²) in [5, 5.41) is 8.44. The van der Waals surface area contributed by atoms with E-state index < -0.39 is 0 Å². The number of benzene rings is 2. The fourth-order valence-electron chi connectivity index (χ4n) is 3.03. The number of methoxy groups -OCH3 is 1. The van der Waals surface area contributed by atoms with Crippen LogP contribution in [0.3, 0.4) is 0 Å². The third kappa shape index (κ3) is 3.87. The molecule has 2 aromatic carbocycles. The first kappa shape index (κ1) is 17.0. The first-order chi connectivity index (χ1) is 13.2. The van der Waals surface area contributed by atoms with Gasteiger partial charge in [0.2, 0.25) is 0 Å². The zero-order valence-electron chi connectivity index (χ0n) is 14.8. The van der Waals surface area contributed by atoms with Crippen LogP contribution < -0.4 is 4.74 Å². The number of hydrogen-bond acceptors (Lipinski definition) is 3. The summed E-state index contributed by atoms with van der Waals surface area (Å²) in [5.74, 6) is 0.223. The average Bonchev–Trinajstić information content (AvgIpc) is 3.09. The molecule has 0 amide bonds. The highest BCUT2D eigenvalue weighted by atomic mass is 19.1. The molecular formula is C22H18FN3O. The first-order valence-corrected chi connectivity index (χ1v) is 8.61. The van der Waals surface area contributed by atoms with E-state index in [-0.39, 0.29) is 5.82 Å². The molecule has 0 unspecified atom stereocenters. The highest BCUT2D eigenvalue weighted by molar-refractivity contribution is 5.89. The summed E-state index contributed by atoms with van der Waals surface area (Å²) in [7, 11) is 1.54. The van der Waals surface area contributed by atoms with Gasteiger partial charge in [0.25, 0.3) is 0 Å². The normalized spacial score (nSPS) is 11.3. The molecule has 0 bridgehead atoms. The van der Waals surface area contributed by atoms with E-state index in [0.717, 1.165) is 33.4 Å². The smallest absolute Gasteiger partial charge is 0.127 e. The van der Waals surface area contributed by atoms with Gasteiger partial charge in [0.05, 0.1) is 24.0 Å². The maximum atomic E-state index is 13.7. The molecule has 2 aromatic heterocycles. The van der Waals surface area contributed by atoms with E-state index in [1.807, 2.05) is 48.6 Å². The number of ether oxygens (including phenoxy) is 1. The van der Waals surface area contributed by atoms with Gasteiger partial charge in [-0.3, -0.25) is 10.1 Å². The van der Waals surface area contributed by atoms with E-state index in [4.69, 9.17) is 4.74 Å². The van der Waals surface area contributed by atoms with Crippen LogP contribution in [0.5, 0.6) is 5.75 Å². The van der Waals surface area contributed by atoms with Crippen molar-refractivity contribution in [3.05, 3.63) is 89.1 Å². The molecule has 5 heteroatoms. The molecule has 27 heavy (non-hydrogen) atoms. The Morgan fingerprint density at radius 3 is 2.78 bits per heavy atom. The predicted molar refractivity (Wildman–Crippen MR) is 105 cm³/mol. The lowest BCUT2D eigenvalue weighted by atomic mass is 10.0. The molecule has 0 aliphatic rings. The van der Waals surface area contributed by atoms with Crippen LogP contribution in [0, 0.1) is 5.82 Å². The number of aromatic amines is 1. The fourth-order valence-corrected chi connectivity index (χ4v) is 3.03. The highest BCUT2D eigenvalue weighted by Crippen LogP contribution is 2.23. The van der Waals surface area contributed by atoms with Gasteiger partial charge in [-0.05, 0) is 66.1 Å². The lowest BCUT2D eigenvalue weighted by molar-refractivity contribution is 0.410. The largest absolute Gasteiger partial charge is 0.497 e. The molecule has 2 heterocycles. The number of halogens is 1. The summed E-state index contributed by atoms with van der Waals surface area (Å²) >= 11 is 0. The Kier molecular flexibility index (Phi) is 4.66. The van der Waals surface area contributed by atoms with Crippen LogP contribution in [0.15, 0.2) is 60.8 Å². The third-order valence-electron chi connectivity index (χ3n) is 4.33. The van der Waals surface area contributed by atoms with E-state index >= 15 is 0 Å². The lowest BCUT2D eigenvalue weighted by Gasteiger charge is -2.06. The van der Waals surface area contributed by atoms with Crippen LogP contribution in [0.25, 0.3) is 23.1 Å². The summed E-state index contributed by atoms with van der Waals surface area (Å²) in [6, 6.07) is 16.6. The van der Waals surface area contributed by atoms with Gasteiger partial charge in [-0.25, -0.2) is 4.39 Å². The van der Waals surface area contributed by atoms with Crippen LogP contribution >= 0.6 is 0 Å². The molecule has 4 nitrogen and oxygen atoms in total. The van der Waals surface area contributed by atoms with E-state index in [2.05, 4.69) is 21.2 Å². The zero-order chi connectivity index (χ0) is 18.6. The van der Waals surface area contributed by atoms with Crippen LogP contribution in [0.2, 0.25) is 0 Å². The van der Waals surface area contributed by atoms with Gasteiger partial charge in [-0.2, -0.15) is 5.10 Å². The van der Waals surface area contributed by atoms with Crippen molar-refractivity contribution in [2.75, 3.05) is 7.11 Å². The van der Waals surface area contributed by atoms with Crippen molar-refractivity contribution in [1.82, 2.24) is 15.2 Å². The Bertz CT molecular complexity index is 1100. The van der Waals surface area contributed by atoms with Crippen molar-refractivity contribution in [3.8, 4) is 5.75 Å². The molecule has 0 spiro atoms. The standard InChI is InChI=1S/C22H18FN3O/c1-27-19-12-16(11-17(23)14-19)10-15-5-7-21-20(13-15)22(26-25-21)8-6-18-4-2-3-9-24-18/h2-9,11-14H,10H2,1H3,(H,25,26)/b8-6+. The molecule has 4 rings (SSSR count). The monoisotopic (exact) mass is 359 g/mol. The van der Waals surface area contributed by atoms with Gasteiger partial charge in [0, 0.05) is 17.6 Å². The summed E-state index contributed by atoms with van der Waals surface area (Å²) in [6.07, 6.45) is 6.24. The van der Waals surface area contributed by atoms with E-state index in [1.54, 1.807) is 6.20 Å². The van der Waals surface area contributed by atoms with Gasteiger partial charge in [-0.15, -0.1) is 0 Å². The summed E-state index contributed by atoms with van der Waals surface area (Å²) < 4.78 is 18.9. The second-order valence-electron chi connectivity index (χ2n) is 6.25. The van der Waals surface area contributed by atoms with Gasteiger partial charge in [0.15, 0.2) is 0 Å². The Morgan fingerprint density at radius 2 is 1.96 bits per heavy atom. The second-order valence-corrected chi connectivity index (χ2v) is 6.25. The quantitative estimate of drug-likeness (QED) is 0.553. The molecule has 0 atom stereocenters. The molecular weight excluding hydrogens is 341 g/mol. The van der Waals surface area contributed by atoms with Gasteiger partial charge >= 0.3 is 0 Å². The maximum absolute atomic E-state index is 13.7. The lowest BCUT2D eigenvalue weighted by Crippen LogP contribution is -1.92. The van der Waals surface area contributed by atoms with Crippen molar-refractivity contribution in [2.45, 2.75) is 6.42 Å². The molecule has 0 fully saturated rings. The topological polar surface area (TPSA) is 50.8 Å². The van der Waals surface area contributed by atoms with Gasteiger partial charge < -0.3 is 4.74 Å². The Hall–Kier alpha value is -3.47. The fraction of sp³-hybridized carbons (Fsp3) is 0.0909. The number of aromatic nitrogens is 3. The Labute approximate surface area is 156 Å². The van der Waals surface area contributed by atoms with E-state index in [1.165, 1.54) is 19.2 Å². The Morgan fingerprint density at radius 1 is 1.04 bits per heavy atom. The van der Waals surface area contributed by atoms with Crippen molar-refractivity contribution in [2.24, 2.45) is 0 Å². The number of nitrogens with zero attached hydrogens (tertiary/aromatic N) is 2. The van der Waals surface area contributed by atoms with E-state index in [9.17, 15) is 4.39 Å². The van der Waals surface area contributed by atoms with Crippen LogP contribution in [0.1, 0.15) is 22.5 Å². The van der Waals surface area contributed by atoms with Crippen LogP contribution in [0.4, 0.5) is 4.39 Å². The number of hydrogen-bond donors (Lipinski definition) is 1. The summed E-state index contributed by atoms with van der Waals surface area (Å²) in [5.41, 5.74) is 4.60. The van der Waals surface area contributed by atoms with Crippen LogP contribution in [-0.2, 0) is 6.42 Å². The van der Waals surface area contributed by atoms with Crippen molar-refractivity contribution in [3.63, 3.8) is 0 Å². The number of pyridine rings is 1. The van der Waals surface area contributed by atoms with E-state index in [0.29, 0.717) is 12.2 Å². The second kappa shape index (κ2) is 7.41. The van der Waals surface area contributed by atoms with Crippen molar-refractivity contribution >= 4 is 23.1 Å². The third-order valence-corrected chi connectivity index (χ3v) is 4.33. The molecule has 1 N–H and O–H groups in total. The number of rotatable bonds is 5. The molecule has 0 saturated carbocycles. The molecule has 4 aromatic rings. The summed E-state index contributed by atoms with van der Waals surface area (Å²) in [4.78, 5) is 4.28. The van der Waals surface area contributed by atoms with Crippen molar-refractivity contribution in [1.29, 1.82) is 0 Å². The highest BCUT2D eigenvalue weighted by Gasteiger charge is 2.07. The summed E-state index contributed by atoms with van der Waals surface area (Å²) in [6.45, 7) is 0. The molecule has 0 saturated heterocycles. The first-order valence-electron chi connectivity index (χ1n) is 8.61. The van der Waals surface area contributed by atoms with Crippen molar-refractivity contribution < 1.29 is 9.13 Å². The minimum atomic E-state index is -0.298. The number of H-pyrrole nitrogens is 1. The average molecular weight is 359 g/mol. The number of nitrogens with one attached hydrogen (secondary N) is 1. The predicted octanol–water partition coefficient (Wildman–Crippen LogP) is 4.87. The minimum Gasteiger partial charge on any atom is -0.497 e. The SMILES string of the molecule is COc1cc(F)cc(Cc2ccc3[nH]nc(/C=C/c4ccccn4)c3c2)c1. The zero-order valence-corrected chi connectivity index (χ0v) is 14.8. The molecule has 0 aliphatic heterocycles. The van der Waals surface area contributed by atoms with Gasteiger partial charge in [-0.1, -0.05) is 12.1 Å². The maximum Gasteiger partial charge on any atom is 0.127 e. The molecule has 0 aliphatic carbocycles.